The topological polar surface area (TPSA) is 3.24 Å². The quantitative estimate of drug-likeness (QED) is 0.177. The number of hydrogen-bond acceptors (Lipinski definition) is 2. The lowest BCUT2D eigenvalue weighted by Gasteiger charge is -2.28. The molecular formula is C46H31NS. The minimum Gasteiger partial charge on any atom is -0.310 e. The van der Waals surface area contributed by atoms with Crippen LogP contribution in [0.4, 0.5) is 17.1 Å². The van der Waals surface area contributed by atoms with Crippen molar-refractivity contribution in [3.05, 3.63) is 188 Å². The Morgan fingerprint density at radius 1 is 0.354 bits per heavy atom. The van der Waals surface area contributed by atoms with E-state index in [1.807, 2.05) is 11.3 Å². The lowest BCUT2D eigenvalue weighted by atomic mass is 9.94. The van der Waals surface area contributed by atoms with Crippen molar-refractivity contribution in [2.24, 2.45) is 0 Å². The van der Waals surface area contributed by atoms with Crippen LogP contribution in [0, 0.1) is 0 Å². The molecule has 0 saturated heterocycles. The smallest absolute Gasteiger partial charge is 0.0553 e. The predicted molar refractivity (Wildman–Crippen MR) is 208 cm³/mol. The van der Waals surface area contributed by atoms with Crippen LogP contribution in [-0.4, -0.2) is 0 Å². The molecule has 0 bridgehead atoms. The Morgan fingerprint density at radius 3 is 1.42 bits per heavy atom. The van der Waals surface area contributed by atoms with Gasteiger partial charge in [-0.1, -0.05) is 152 Å². The van der Waals surface area contributed by atoms with Crippen molar-refractivity contribution in [1.82, 2.24) is 0 Å². The van der Waals surface area contributed by atoms with Crippen molar-refractivity contribution in [3.63, 3.8) is 0 Å². The molecule has 0 fully saturated rings. The van der Waals surface area contributed by atoms with Gasteiger partial charge in [0.1, 0.15) is 0 Å². The first-order valence-corrected chi connectivity index (χ1v) is 17.2. The molecule has 1 nitrogen and oxygen atoms in total. The number of nitrogens with zero attached hydrogens (tertiary/aromatic N) is 1. The second-order valence-corrected chi connectivity index (χ2v) is 13.2. The van der Waals surface area contributed by atoms with Gasteiger partial charge in [0.25, 0.3) is 0 Å². The third-order valence-electron chi connectivity index (χ3n) is 9.27. The summed E-state index contributed by atoms with van der Waals surface area (Å²) < 4.78 is 2.63. The molecule has 1 heterocycles. The zero-order valence-electron chi connectivity index (χ0n) is 26.3. The molecule has 9 rings (SSSR count). The molecule has 9 aromatic rings. The molecule has 0 atom stereocenters. The fraction of sp³-hybridized carbons (Fsp3) is 0. The highest BCUT2D eigenvalue weighted by molar-refractivity contribution is 7.26. The first-order chi connectivity index (χ1) is 23.8. The molecule has 8 aromatic carbocycles. The zero-order chi connectivity index (χ0) is 31.9. The van der Waals surface area contributed by atoms with Gasteiger partial charge in [-0.25, -0.2) is 0 Å². The lowest BCUT2D eigenvalue weighted by molar-refractivity contribution is 1.30. The summed E-state index contributed by atoms with van der Waals surface area (Å²) in [5.74, 6) is 0. The summed E-state index contributed by atoms with van der Waals surface area (Å²) in [5, 5.41) is 5.11. The molecule has 2 heteroatoms. The molecule has 0 unspecified atom stereocenters. The zero-order valence-corrected chi connectivity index (χ0v) is 27.1. The van der Waals surface area contributed by atoms with Crippen molar-refractivity contribution in [1.29, 1.82) is 0 Å². The highest BCUT2D eigenvalue weighted by Crippen LogP contribution is 2.49. The number of rotatable bonds is 6. The van der Waals surface area contributed by atoms with Gasteiger partial charge < -0.3 is 4.90 Å². The Kier molecular flexibility index (Phi) is 7.07. The van der Waals surface area contributed by atoms with E-state index in [9.17, 15) is 0 Å². The largest absolute Gasteiger partial charge is 0.310 e. The van der Waals surface area contributed by atoms with E-state index in [0.717, 1.165) is 11.4 Å². The second-order valence-electron chi connectivity index (χ2n) is 12.1. The second kappa shape index (κ2) is 12.0. The van der Waals surface area contributed by atoms with E-state index in [0.29, 0.717) is 0 Å². The predicted octanol–water partition coefficient (Wildman–Crippen LogP) is 13.7. The van der Waals surface area contributed by atoms with Gasteiger partial charge in [0.2, 0.25) is 0 Å². The molecule has 0 saturated carbocycles. The van der Waals surface area contributed by atoms with E-state index in [-0.39, 0.29) is 0 Å². The van der Waals surface area contributed by atoms with Crippen LogP contribution in [-0.2, 0) is 0 Å². The van der Waals surface area contributed by atoms with Gasteiger partial charge in [0.05, 0.1) is 5.69 Å². The standard InChI is InChI=1S/C46H31NS/c1-4-13-32(14-5-1)34-23-27-37(28-24-34)47(38-29-25-35(26-30-38)33-15-6-2-7-16-33)43-31-42-40-19-10-11-22-44(40)48-46(42)41-21-12-20-39(45(41)43)36-17-8-3-9-18-36/h1-31H. The van der Waals surface area contributed by atoms with Gasteiger partial charge in [-0.15, -0.1) is 11.3 Å². The van der Waals surface area contributed by atoms with Crippen LogP contribution < -0.4 is 4.90 Å². The molecular weight excluding hydrogens is 599 g/mol. The minimum absolute atomic E-state index is 1.12. The van der Waals surface area contributed by atoms with Gasteiger partial charge in [0, 0.05) is 42.3 Å². The molecule has 0 radical (unpaired) electrons. The molecule has 1 aromatic heterocycles. The van der Waals surface area contributed by atoms with E-state index in [1.54, 1.807) is 0 Å². The number of thiophene rings is 1. The van der Waals surface area contributed by atoms with Gasteiger partial charge >= 0.3 is 0 Å². The summed E-state index contributed by atoms with van der Waals surface area (Å²) in [6.07, 6.45) is 0. The van der Waals surface area contributed by atoms with E-state index < -0.39 is 0 Å². The van der Waals surface area contributed by atoms with Crippen molar-refractivity contribution in [2.45, 2.75) is 0 Å². The highest BCUT2D eigenvalue weighted by Gasteiger charge is 2.22. The van der Waals surface area contributed by atoms with Gasteiger partial charge in [-0.3, -0.25) is 0 Å². The van der Waals surface area contributed by atoms with Crippen LogP contribution in [0.3, 0.4) is 0 Å². The van der Waals surface area contributed by atoms with E-state index in [2.05, 4.69) is 193 Å². The maximum Gasteiger partial charge on any atom is 0.0553 e. The maximum absolute atomic E-state index is 2.45. The average Bonchev–Trinajstić information content (AvgIpc) is 3.55. The Labute approximate surface area is 284 Å². The summed E-state index contributed by atoms with van der Waals surface area (Å²) in [5.41, 5.74) is 10.7. The minimum atomic E-state index is 1.12. The molecule has 0 aliphatic carbocycles. The Hall–Kier alpha value is -5.96. The Morgan fingerprint density at radius 2 is 0.833 bits per heavy atom. The average molecular weight is 630 g/mol. The van der Waals surface area contributed by atoms with E-state index >= 15 is 0 Å². The third kappa shape index (κ3) is 4.95. The summed E-state index contributed by atoms with van der Waals surface area (Å²) in [7, 11) is 0. The first kappa shape index (κ1) is 28.3. The fourth-order valence-electron chi connectivity index (χ4n) is 6.96. The SMILES string of the molecule is c1ccc(-c2ccc(N(c3ccc(-c4ccccc4)cc3)c3cc4c5ccccc5sc4c4cccc(-c5ccccc5)c34)cc2)cc1. The maximum atomic E-state index is 2.45. The summed E-state index contributed by atoms with van der Waals surface area (Å²) in [6.45, 7) is 0. The third-order valence-corrected chi connectivity index (χ3v) is 10.5. The normalized spacial score (nSPS) is 11.3. The number of fused-ring (bicyclic) bond motifs is 5. The van der Waals surface area contributed by atoms with Crippen LogP contribution in [0.25, 0.3) is 64.3 Å². The van der Waals surface area contributed by atoms with Gasteiger partial charge in [0.15, 0.2) is 0 Å². The first-order valence-electron chi connectivity index (χ1n) is 16.4. The van der Waals surface area contributed by atoms with Crippen molar-refractivity contribution < 1.29 is 0 Å². The molecule has 48 heavy (non-hydrogen) atoms. The Balaban J connectivity index is 1.34. The molecule has 0 aliphatic heterocycles. The van der Waals surface area contributed by atoms with E-state index in [4.69, 9.17) is 0 Å². The number of benzene rings is 8. The molecule has 0 N–H and O–H groups in total. The van der Waals surface area contributed by atoms with E-state index in [1.165, 1.54) is 70.0 Å². The summed E-state index contributed by atoms with van der Waals surface area (Å²) >= 11 is 1.89. The van der Waals surface area contributed by atoms with Crippen LogP contribution in [0.1, 0.15) is 0 Å². The van der Waals surface area contributed by atoms with Crippen molar-refractivity contribution in [2.75, 3.05) is 4.90 Å². The lowest BCUT2D eigenvalue weighted by Crippen LogP contribution is -2.11. The summed E-state index contributed by atoms with van der Waals surface area (Å²) in [4.78, 5) is 2.45. The van der Waals surface area contributed by atoms with Crippen LogP contribution in [0.5, 0.6) is 0 Å². The van der Waals surface area contributed by atoms with Gasteiger partial charge in [-0.05, 0) is 69.8 Å². The molecule has 0 spiro atoms. The number of anilines is 3. The van der Waals surface area contributed by atoms with Crippen LogP contribution >= 0.6 is 11.3 Å². The fourth-order valence-corrected chi connectivity index (χ4v) is 8.18. The molecule has 0 amide bonds. The van der Waals surface area contributed by atoms with Crippen molar-refractivity contribution in [3.8, 4) is 33.4 Å². The number of hydrogen-bond donors (Lipinski definition) is 0. The molecule has 0 aliphatic rings. The van der Waals surface area contributed by atoms with Crippen LogP contribution in [0.2, 0.25) is 0 Å². The molecule has 226 valence electrons. The monoisotopic (exact) mass is 629 g/mol. The summed E-state index contributed by atoms with van der Waals surface area (Å²) in [6, 6.07) is 68.1. The van der Waals surface area contributed by atoms with Crippen LogP contribution in [0.15, 0.2) is 188 Å². The van der Waals surface area contributed by atoms with Gasteiger partial charge in [-0.2, -0.15) is 0 Å². The van der Waals surface area contributed by atoms with Crippen molar-refractivity contribution >= 4 is 59.3 Å². The highest BCUT2D eigenvalue weighted by atomic mass is 32.1. The Bertz CT molecular complexity index is 2430.